The molecule has 13 heavy (non-hydrogen) atoms. The molecule has 1 aromatic rings. The third-order valence-electron chi connectivity index (χ3n) is 1.61. The second kappa shape index (κ2) is 4.97. The van der Waals surface area contributed by atoms with Crippen molar-refractivity contribution in [2.45, 2.75) is 33.2 Å². The highest BCUT2D eigenvalue weighted by molar-refractivity contribution is 7.11. The van der Waals surface area contributed by atoms with E-state index in [1.54, 1.807) is 11.3 Å². The lowest BCUT2D eigenvalue weighted by molar-refractivity contribution is -0.121. The molecule has 0 radical (unpaired) electrons. The van der Waals surface area contributed by atoms with Crippen LogP contribution in [0.25, 0.3) is 0 Å². The number of aromatic nitrogens is 1. The molecule has 0 bridgehead atoms. The molecule has 1 aromatic heterocycles. The molecule has 1 amide bonds. The Morgan fingerprint density at radius 1 is 1.69 bits per heavy atom. The van der Waals surface area contributed by atoms with Crippen LogP contribution in [0.5, 0.6) is 0 Å². The number of nitrogens with zero attached hydrogens (tertiary/aromatic N) is 1. The Morgan fingerprint density at radius 2 is 2.46 bits per heavy atom. The highest BCUT2D eigenvalue weighted by Crippen LogP contribution is 2.10. The van der Waals surface area contributed by atoms with E-state index in [0.29, 0.717) is 13.0 Å². The average Bonchev–Trinajstić information content (AvgIpc) is 2.49. The van der Waals surface area contributed by atoms with E-state index in [0.717, 1.165) is 16.3 Å². The maximum atomic E-state index is 11.1. The second-order valence-corrected chi connectivity index (χ2v) is 4.19. The zero-order valence-corrected chi connectivity index (χ0v) is 8.78. The van der Waals surface area contributed by atoms with Crippen LogP contribution in [0.2, 0.25) is 0 Å². The van der Waals surface area contributed by atoms with Crippen molar-refractivity contribution in [2.24, 2.45) is 0 Å². The Hall–Kier alpha value is -0.900. The van der Waals surface area contributed by atoms with Gasteiger partial charge in [0.15, 0.2) is 0 Å². The van der Waals surface area contributed by atoms with Crippen LogP contribution in [0, 0.1) is 6.92 Å². The predicted octanol–water partition coefficient (Wildman–Crippen LogP) is 1.87. The third kappa shape index (κ3) is 3.55. The molecule has 1 rings (SSSR count). The second-order valence-electron chi connectivity index (χ2n) is 2.87. The van der Waals surface area contributed by atoms with Crippen LogP contribution < -0.4 is 5.32 Å². The number of carbonyl (C=O) groups excluding carboxylic acids is 1. The maximum absolute atomic E-state index is 11.1. The van der Waals surface area contributed by atoms with E-state index < -0.39 is 0 Å². The minimum absolute atomic E-state index is 0.119. The fourth-order valence-electron chi connectivity index (χ4n) is 0.988. The van der Waals surface area contributed by atoms with Crippen LogP contribution in [0.15, 0.2) is 6.20 Å². The first-order valence-electron chi connectivity index (χ1n) is 4.40. The number of hydrogen-bond acceptors (Lipinski definition) is 3. The number of nitrogens with one attached hydrogen (secondary N) is 1. The number of aryl methyl sites for hydroxylation is 1. The summed E-state index contributed by atoms with van der Waals surface area (Å²) < 4.78 is 0. The number of thiazole rings is 1. The van der Waals surface area contributed by atoms with Crippen LogP contribution in [0.1, 0.15) is 29.7 Å². The summed E-state index contributed by atoms with van der Waals surface area (Å²) in [6, 6.07) is 0. The summed E-state index contributed by atoms with van der Waals surface area (Å²) >= 11 is 1.62. The summed E-state index contributed by atoms with van der Waals surface area (Å²) in [5, 5.41) is 3.89. The molecule has 0 spiro atoms. The summed E-state index contributed by atoms with van der Waals surface area (Å²) in [6.45, 7) is 4.57. The van der Waals surface area contributed by atoms with Crippen molar-refractivity contribution in [3.63, 3.8) is 0 Å². The summed E-state index contributed by atoms with van der Waals surface area (Å²) in [5.41, 5.74) is 0. The monoisotopic (exact) mass is 198 g/mol. The van der Waals surface area contributed by atoms with Gasteiger partial charge in [-0.25, -0.2) is 4.98 Å². The van der Waals surface area contributed by atoms with Crippen molar-refractivity contribution in [3.05, 3.63) is 16.1 Å². The molecule has 0 saturated heterocycles. The first-order chi connectivity index (χ1) is 6.22. The molecule has 0 aromatic carbocycles. The molecule has 0 fully saturated rings. The van der Waals surface area contributed by atoms with E-state index in [4.69, 9.17) is 0 Å². The fourth-order valence-corrected chi connectivity index (χ4v) is 1.72. The Bertz CT molecular complexity index is 283. The van der Waals surface area contributed by atoms with Crippen LogP contribution in [0.4, 0.5) is 0 Å². The molecule has 0 atom stereocenters. The minimum Gasteiger partial charge on any atom is -0.351 e. The molecular weight excluding hydrogens is 184 g/mol. The van der Waals surface area contributed by atoms with Crippen LogP contribution >= 0.6 is 11.3 Å². The van der Waals surface area contributed by atoms with Crippen LogP contribution in [-0.4, -0.2) is 10.9 Å². The minimum atomic E-state index is 0.119. The van der Waals surface area contributed by atoms with Gasteiger partial charge in [0.2, 0.25) is 5.91 Å². The van der Waals surface area contributed by atoms with E-state index in [2.05, 4.69) is 10.3 Å². The molecule has 72 valence electrons. The van der Waals surface area contributed by atoms with Gasteiger partial charge in [-0.1, -0.05) is 6.92 Å². The van der Waals surface area contributed by atoms with Gasteiger partial charge in [0.25, 0.3) is 0 Å². The van der Waals surface area contributed by atoms with Gasteiger partial charge >= 0.3 is 0 Å². The topological polar surface area (TPSA) is 42.0 Å². The van der Waals surface area contributed by atoms with E-state index in [1.807, 2.05) is 20.0 Å². The lowest BCUT2D eigenvalue weighted by Crippen LogP contribution is -2.21. The SMILES string of the molecule is CCCC(=O)NCc1cnc(C)s1. The lowest BCUT2D eigenvalue weighted by atomic mass is 10.3. The van der Waals surface area contributed by atoms with E-state index in [9.17, 15) is 4.79 Å². The van der Waals surface area contributed by atoms with Crippen LogP contribution in [0.3, 0.4) is 0 Å². The van der Waals surface area contributed by atoms with Crippen molar-refractivity contribution in [3.8, 4) is 0 Å². The van der Waals surface area contributed by atoms with E-state index >= 15 is 0 Å². The summed E-state index contributed by atoms with van der Waals surface area (Å²) in [5.74, 6) is 0.119. The van der Waals surface area contributed by atoms with Gasteiger partial charge in [0.1, 0.15) is 0 Å². The molecule has 0 saturated carbocycles. The molecule has 1 N–H and O–H groups in total. The lowest BCUT2D eigenvalue weighted by Gasteiger charge is -2.00. The molecule has 0 aliphatic rings. The molecule has 0 unspecified atom stereocenters. The molecular formula is C9H14N2OS. The number of amides is 1. The van der Waals surface area contributed by atoms with Gasteiger partial charge in [-0.05, 0) is 13.3 Å². The van der Waals surface area contributed by atoms with Gasteiger partial charge in [0, 0.05) is 17.5 Å². The highest BCUT2D eigenvalue weighted by Gasteiger charge is 2.01. The molecule has 0 aliphatic heterocycles. The van der Waals surface area contributed by atoms with E-state index in [1.165, 1.54) is 0 Å². The van der Waals surface area contributed by atoms with Gasteiger partial charge in [-0.2, -0.15) is 0 Å². The predicted molar refractivity (Wildman–Crippen MR) is 53.6 cm³/mol. The van der Waals surface area contributed by atoms with E-state index in [-0.39, 0.29) is 5.91 Å². The zero-order chi connectivity index (χ0) is 9.68. The Labute approximate surface area is 82.2 Å². The average molecular weight is 198 g/mol. The number of hydrogen-bond donors (Lipinski definition) is 1. The zero-order valence-electron chi connectivity index (χ0n) is 7.96. The molecule has 4 heteroatoms. The molecule has 3 nitrogen and oxygen atoms in total. The smallest absolute Gasteiger partial charge is 0.220 e. The largest absolute Gasteiger partial charge is 0.351 e. The van der Waals surface area contributed by atoms with Crippen molar-refractivity contribution in [1.82, 2.24) is 10.3 Å². The standard InChI is InChI=1S/C9H14N2OS/c1-3-4-9(12)11-6-8-5-10-7(2)13-8/h5H,3-4,6H2,1-2H3,(H,11,12). The quantitative estimate of drug-likeness (QED) is 0.802. The van der Waals surface area contributed by atoms with Gasteiger partial charge < -0.3 is 5.32 Å². The molecule has 1 heterocycles. The van der Waals surface area contributed by atoms with Crippen molar-refractivity contribution in [2.75, 3.05) is 0 Å². The van der Waals surface area contributed by atoms with Crippen LogP contribution in [-0.2, 0) is 11.3 Å². The summed E-state index contributed by atoms with van der Waals surface area (Å²) in [7, 11) is 0. The van der Waals surface area contributed by atoms with Gasteiger partial charge in [-0.15, -0.1) is 11.3 Å². The summed E-state index contributed by atoms with van der Waals surface area (Å²) in [6.07, 6.45) is 3.32. The van der Waals surface area contributed by atoms with Crippen molar-refractivity contribution >= 4 is 17.2 Å². The Balaban J connectivity index is 2.30. The third-order valence-corrected chi connectivity index (χ3v) is 2.52. The van der Waals surface area contributed by atoms with Crippen molar-refractivity contribution in [1.29, 1.82) is 0 Å². The molecule has 0 aliphatic carbocycles. The number of rotatable bonds is 4. The van der Waals surface area contributed by atoms with Gasteiger partial charge in [0.05, 0.1) is 11.6 Å². The van der Waals surface area contributed by atoms with Gasteiger partial charge in [-0.3, -0.25) is 4.79 Å². The van der Waals surface area contributed by atoms with Crippen molar-refractivity contribution < 1.29 is 4.79 Å². The first-order valence-corrected chi connectivity index (χ1v) is 5.22. The Kier molecular flexibility index (Phi) is 3.89. The number of carbonyl (C=O) groups is 1. The maximum Gasteiger partial charge on any atom is 0.220 e. The summed E-state index contributed by atoms with van der Waals surface area (Å²) in [4.78, 5) is 16.3. The fraction of sp³-hybridized carbons (Fsp3) is 0.556. The normalized spacial score (nSPS) is 10.0. The Morgan fingerprint density at radius 3 is 3.00 bits per heavy atom. The highest BCUT2D eigenvalue weighted by atomic mass is 32.1. The first kappa shape index (κ1) is 10.2.